The Balaban J connectivity index is 1.57. The van der Waals surface area contributed by atoms with Crippen LogP contribution in [0.15, 0.2) is 47.4 Å². The molecule has 0 atom stereocenters. The number of rotatable bonds is 8. The molecule has 0 bridgehead atoms. The van der Waals surface area contributed by atoms with Crippen LogP contribution in [0.3, 0.4) is 0 Å². The van der Waals surface area contributed by atoms with Gasteiger partial charge in [-0.1, -0.05) is 19.9 Å². The van der Waals surface area contributed by atoms with Crippen molar-refractivity contribution in [3.05, 3.63) is 59.2 Å². The van der Waals surface area contributed by atoms with Crippen molar-refractivity contribution < 1.29 is 17.9 Å². The van der Waals surface area contributed by atoms with Gasteiger partial charge in [0.1, 0.15) is 5.75 Å². The highest BCUT2D eigenvalue weighted by Gasteiger charge is 2.19. The minimum atomic E-state index is -3.82. The first-order chi connectivity index (χ1) is 13.3. The molecule has 1 amide bonds. The number of nitrogens with one attached hydrogen (secondary N) is 2. The van der Waals surface area contributed by atoms with Crippen molar-refractivity contribution in [2.75, 3.05) is 6.61 Å². The summed E-state index contributed by atoms with van der Waals surface area (Å²) >= 11 is 0. The quantitative estimate of drug-likeness (QED) is 0.664. The highest BCUT2D eigenvalue weighted by molar-refractivity contribution is 7.89. The van der Waals surface area contributed by atoms with Gasteiger partial charge in [0, 0.05) is 5.56 Å². The maximum absolute atomic E-state index is 12.4. The summed E-state index contributed by atoms with van der Waals surface area (Å²) in [5, 5.41) is 0. The Bertz CT molecular complexity index is 937. The van der Waals surface area contributed by atoms with Crippen LogP contribution >= 0.6 is 0 Å². The maximum atomic E-state index is 12.4. The number of sulfonamides is 1. The third-order valence-corrected chi connectivity index (χ3v) is 6.00. The van der Waals surface area contributed by atoms with Crippen molar-refractivity contribution in [3.8, 4) is 5.75 Å². The standard InChI is InChI=1S/C21H26N2O4S/c1-15(2)12-13-27-19-9-6-17(7-10-19)21(24)22-23-28(25,26)20-11-8-16-4-3-5-18(16)14-20/h6-11,14-15,23H,3-5,12-13H2,1-2H3,(H,22,24). The van der Waals surface area contributed by atoms with Gasteiger partial charge in [0.05, 0.1) is 11.5 Å². The van der Waals surface area contributed by atoms with Gasteiger partial charge in [0.25, 0.3) is 15.9 Å². The zero-order valence-electron chi connectivity index (χ0n) is 16.2. The molecule has 0 spiro atoms. The van der Waals surface area contributed by atoms with Gasteiger partial charge in [0.2, 0.25) is 0 Å². The van der Waals surface area contributed by atoms with Gasteiger partial charge in [-0.15, -0.1) is 4.83 Å². The van der Waals surface area contributed by atoms with E-state index >= 15 is 0 Å². The van der Waals surface area contributed by atoms with E-state index in [1.807, 2.05) is 6.07 Å². The lowest BCUT2D eigenvalue weighted by Gasteiger charge is -2.11. The molecule has 0 radical (unpaired) electrons. The van der Waals surface area contributed by atoms with E-state index < -0.39 is 15.9 Å². The van der Waals surface area contributed by atoms with Crippen LogP contribution in [0.2, 0.25) is 0 Å². The van der Waals surface area contributed by atoms with E-state index in [1.54, 1.807) is 36.4 Å². The predicted molar refractivity (Wildman–Crippen MR) is 108 cm³/mol. The van der Waals surface area contributed by atoms with Gasteiger partial charge in [-0.3, -0.25) is 10.2 Å². The average molecular weight is 403 g/mol. The molecule has 2 aromatic rings. The van der Waals surface area contributed by atoms with E-state index in [1.165, 1.54) is 5.56 Å². The minimum absolute atomic E-state index is 0.155. The summed E-state index contributed by atoms with van der Waals surface area (Å²) < 4.78 is 30.5. The summed E-state index contributed by atoms with van der Waals surface area (Å²) in [5.74, 6) is 0.707. The molecule has 0 saturated heterocycles. The molecule has 1 aliphatic rings. The van der Waals surface area contributed by atoms with Crippen molar-refractivity contribution in [1.29, 1.82) is 0 Å². The summed E-state index contributed by atoms with van der Waals surface area (Å²) in [6.45, 7) is 4.87. The van der Waals surface area contributed by atoms with Gasteiger partial charge in [-0.25, -0.2) is 8.42 Å². The molecule has 0 fully saturated rings. The molecule has 6 nitrogen and oxygen atoms in total. The summed E-state index contributed by atoms with van der Waals surface area (Å²) in [4.78, 5) is 14.6. The highest BCUT2D eigenvalue weighted by Crippen LogP contribution is 2.24. The van der Waals surface area contributed by atoms with Crippen LogP contribution in [-0.4, -0.2) is 20.9 Å². The second-order valence-corrected chi connectivity index (χ2v) is 9.08. The summed E-state index contributed by atoms with van der Waals surface area (Å²) in [6, 6.07) is 11.7. The number of hydrogen-bond donors (Lipinski definition) is 2. The van der Waals surface area contributed by atoms with E-state index in [4.69, 9.17) is 4.74 Å². The molecule has 3 rings (SSSR count). The van der Waals surface area contributed by atoms with Crippen molar-refractivity contribution >= 4 is 15.9 Å². The molecular weight excluding hydrogens is 376 g/mol. The van der Waals surface area contributed by atoms with Crippen LogP contribution in [-0.2, 0) is 22.9 Å². The molecule has 0 aliphatic heterocycles. The van der Waals surface area contributed by atoms with Crippen molar-refractivity contribution in [1.82, 2.24) is 10.3 Å². The summed E-state index contributed by atoms with van der Waals surface area (Å²) in [5.41, 5.74) is 4.86. The first-order valence-electron chi connectivity index (χ1n) is 9.52. The maximum Gasteiger partial charge on any atom is 0.266 e. The number of hydrogen-bond acceptors (Lipinski definition) is 4. The molecule has 2 N–H and O–H groups in total. The number of benzene rings is 2. The van der Waals surface area contributed by atoms with E-state index in [0.717, 1.165) is 31.2 Å². The van der Waals surface area contributed by atoms with Gasteiger partial charge in [-0.2, -0.15) is 0 Å². The first kappa shape index (κ1) is 20.4. The highest BCUT2D eigenvalue weighted by atomic mass is 32.2. The first-order valence-corrected chi connectivity index (χ1v) is 11.0. The van der Waals surface area contributed by atoms with Crippen molar-refractivity contribution in [2.24, 2.45) is 5.92 Å². The normalized spacial score (nSPS) is 13.4. The third-order valence-electron chi connectivity index (χ3n) is 4.76. The molecule has 0 saturated carbocycles. The van der Waals surface area contributed by atoms with E-state index in [-0.39, 0.29) is 4.90 Å². The summed E-state index contributed by atoms with van der Waals surface area (Å²) in [6.07, 6.45) is 3.86. The molecule has 28 heavy (non-hydrogen) atoms. The van der Waals surface area contributed by atoms with Crippen molar-refractivity contribution in [3.63, 3.8) is 0 Å². The monoisotopic (exact) mass is 402 g/mol. The van der Waals surface area contributed by atoms with Gasteiger partial charge in [0.15, 0.2) is 0 Å². The number of aryl methyl sites for hydroxylation is 2. The lowest BCUT2D eigenvalue weighted by atomic mass is 10.1. The Morgan fingerprint density at radius 1 is 1.07 bits per heavy atom. The zero-order valence-corrected chi connectivity index (χ0v) is 17.0. The Morgan fingerprint density at radius 3 is 2.50 bits per heavy atom. The molecule has 7 heteroatoms. The molecule has 0 heterocycles. The fraction of sp³-hybridized carbons (Fsp3) is 0.381. The lowest BCUT2D eigenvalue weighted by Crippen LogP contribution is -2.41. The molecule has 0 unspecified atom stereocenters. The topological polar surface area (TPSA) is 84.5 Å². The molecule has 150 valence electrons. The van der Waals surface area contributed by atoms with E-state index in [0.29, 0.717) is 23.8 Å². The number of fused-ring (bicyclic) bond motifs is 1. The number of amides is 1. The van der Waals surface area contributed by atoms with Crippen LogP contribution in [0.25, 0.3) is 0 Å². The Morgan fingerprint density at radius 2 is 1.79 bits per heavy atom. The smallest absolute Gasteiger partial charge is 0.266 e. The lowest BCUT2D eigenvalue weighted by molar-refractivity contribution is 0.0945. The van der Waals surface area contributed by atoms with Gasteiger partial charge in [-0.05, 0) is 79.1 Å². The largest absolute Gasteiger partial charge is 0.494 e. The van der Waals surface area contributed by atoms with Crippen LogP contribution in [0.4, 0.5) is 0 Å². The fourth-order valence-electron chi connectivity index (χ4n) is 3.07. The molecule has 1 aliphatic carbocycles. The van der Waals surface area contributed by atoms with E-state index in [9.17, 15) is 13.2 Å². The predicted octanol–water partition coefficient (Wildman–Crippen LogP) is 3.22. The van der Waals surface area contributed by atoms with Crippen LogP contribution in [0.1, 0.15) is 48.2 Å². The van der Waals surface area contributed by atoms with Crippen LogP contribution in [0, 0.1) is 5.92 Å². The number of ether oxygens (including phenoxy) is 1. The van der Waals surface area contributed by atoms with Gasteiger partial charge >= 0.3 is 0 Å². The Hall–Kier alpha value is -2.38. The average Bonchev–Trinajstić information content (AvgIpc) is 3.14. The van der Waals surface area contributed by atoms with E-state index in [2.05, 4.69) is 24.1 Å². The SMILES string of the molecule is CC(C)CCOc1ccc(C(=O)NNS(=O)(=O)c2ccc3c(c2)CCC3)cc1. The second-order valence-electron chi connectivity index (χ2n) is 7.40. The Kier molecular flexibility index (Phi) is 6.36. The molecule has 2 aromatic carbocycles. The van der Waals surface area contributed by atoms with Gasteiger partial charge < -0.3 is 4.74 Å². The number of hydrazine groups is 1. The zero-order chi connectivity index (χ0) is 20.1. The summed E-state index contributed by atoms with van der Waals surface area (Å²) in [7, 11) is -3.82. The minimum Gasteiger partial charge on any atom is -0.494 e. The fourth-order valence-corrected chi connectivity index (χ4v) is 3.96. The van der Waals surface area contributed by atoms with Crippen LogP contribution < -0.4 is 15.0 Å². The molecule has 0 aromatic heterocycles. The van der Waals surface area contributed by atoms with Crippen LogP contribution in [0.5, 0.6) is 5.75 Å². The second kappa shape index (κ2) is 8.75. The van der Waals surface area contributed by atoms with Crippen molar-refractivity contribution in [2.45, 2.75) is 44.4 Å². The number of carbonyl (C=O) groups excluding carboxylic acids is 1. The third kappa shape index (κ3) is 5.11. The molecular formula is C21H26N2O4S. The Labute approximate surface area is 166 Å². The number of carbonyl (C=O) groups is 1.